The summed E-state index contributed by atoms with van der Waals surface area (Å²) >= 11 is 0. The van der Waals surface area contributed by atoms with Gasteiger partial charge < -0.3 is 0 Å². The number of H-pyrrole nitrogens is 2. The Balaban J connectivity index is 1.84. The van der Waals surface area contributed by atoms with E-state index in [0.717, 1.165) is 35.6 Å². The Morgan fingerprint density at radius 1 is 0.773 bits per heavy atom. The van der Waals surface area contributed by atoms with Gasteiger partial charge in [0.25, 0.3) is 0 Å². The van der Waals surface area contributed by atoms with E-state index in [2.05, 4.69) is 72.4 Å². The van der Waals surface area contributed by atoms with Crippen LogP contribution >= 0.6 is 0 Å². The number of nitrogens with one attached hydrogen (secondary N) is 2. The van der Waals surface area contributed by atoms with Gasteiger partial charge in [0, 0.05) is 35.4 Å². The summed E-state index contributed by atoms with van der Waals surface area (Å²) in [6.45, 7) is 8.27. The van der Waals surface area contributed by atoms with Gasteiger partial charge in [0.1, 0.15) is 0 Å². The zero-order valence-electron chi connectivity index (χ0n) is 13.6. The third-order valence-corrected chi connectivity index (χ3v) is 4.31. The lowest BCUT2D eigenvalue weighted by atomic mass is 9.98. The molecule has 0 radical (unpaired) electrons. The van der Waals surface area contributed by atoms with Crippen LogP contribution in [0.1, 0.15) is 45.0 Å². The van der Waals surface area contributed by atoms with Gasteiger partial charge in [-0.15, -0.1) is 0 Å². The summed E-state index contributed by atoms with van der Waals surface area (Å²) in [6.07, 6.45) is 1.84. The van der Waals surface area contributed by atoms with Gasteiger partial charge in [-0.05, 0) is 38.8 Å². The van der Waals surface area contributed by atoms with Crippen LogP contribution in [0.3, 0.4) is 0 Å². The highest BCUT2D eigenvalue weighted by Crippen LogP contribution is 2.19. The van der Waals surface area contributed by atoms with Crippen molar-refractivity contribution in [3.63, 3.8) is 0 Å². The molecule has 2 N–H and O–H groups in total. The summed E-state index contributed by atoms with van der Waals surface area (Å²) in [7, 11) is 0. The molecule has 0 unspecified atom stereocenters. The number of aryl methyl sites for hydroxylation is 4. The fraction of sp³-hybridized carbons (Fsp3) is 0.333. The average Bonchev–Trinajstić information content (AvgIpc) is 2.98. The molecule has 22 heavy (non-hydrogen) atoms. The summed E-state index contributed by atoms with van der Waals surface area (Å²) in [6, 6.07) is 8.80. The summed E-state index contributed by atoms with van der Waals surface area (Å²) < 4.78 is 0. The van der Waals surface area contributed by atoms with E-state index in [9.17, 15) is 0 Å². The Labute approximate surface area is 131 Å². The van der Waals surface area contributed by atoms with Gasteiger partial charge in [0.15, 0.2) is 0 Å². The van der Waals surface area contributed by atoms with Crippen molar-refractivity contribution in [2.24, 2.45) is 0 Å². The Morgan fingerprint density at radius 2 is 1.23 bits per heavy atom. The summed E-state index contributed by atoms with van der Waals surface area (Å²) in [5.41, 5.74) is 9.73. The minimum absolute atomic E-state index is 0.922. The van der Waals surface area contributed by atoms with Gasteiger partial charge >= 0.3 is 0 Å². The van der Waals surface area contributed by atoms with Gasteiger partial charge in [-0.25, -0.2) is 0 Å². The Bertz CT molecular complexity index is 693. The van der Waals surface area contributed by atoms with Gasteiger partial charge in [-0.1, -0.05) is 24.3 Å². The molecule has 0 aliphatic heterocycles. The van der Waals surface area contributed by atoms with E-state index in [1.54, 1.807) is 0 Å². The molecule has 0 aliphatic rings. The van der Waals surface area contributed by atoms with Crippen LogP contribution in [0.15, 0.2) is 24.3 Å². The molecule has 0 amide bonds. The first-order chi connectivity index (χ1) is 10.5. The van der Waals surface area contributed by atoms with Crippen molar-refractivity contribution in [3.8, 4) is 0 Å². The second kappa shape index (κ2) is 5.79. The molecule has 0 spiro atoms. The molecule has 0 fully saturated rings. The van der Waals surface area contributed by atoms with Gasteiger partial charge in [0.2, 0.25) is 0 Å². The van der Waals surface area contributed by atoms with Crippen LogP contribution in [0.2, 0.25) is 0 Å². The lowest BCUT2D eigenvalue weighted by Crippen LogP contribution is -1.96. The van der Waals surface area contributed by atoms with E-state index >= 15 is 0 Å². The average molecular weight is 294 g/mol. The smallest absolute Gasteiger partial charge is 0.0629 e. The van der Waals surface area contributed by atoms with Crippen molar-refractivity contribution >= 4 is 0 Å². The van der Waals surface area contributed by atoms with Gasteiger partial charge in [-0.2, -0.15) is 10.2 Å². The molecule has 114 valence electrons. The number of aromatic nitrogens is 4. The van der Waals surface area contributed by atoms with E-state index < -0.39 is 0 Å². The van der Waals surface area contributed by atoms with Crippen LogP contribution in [-0.2, 0) is 12.8 Å². The topological polar surface area (TPSA) is 57.4 Å². The van der Waals surface area contributed by atoms with Crippen molar-refractivity contribution in [1.29, 1.82) is 0 Å². The van der Waals surface area contributed by atoms with Crippen molar-refractivity contribution in [1.82, 2.24) is 20.4 Å². The number of rotatable bonds is 4. The number of benzene rings is 1. The standard InChI is InChI=1S/C18H22N4/c1-11-17(12(2)20-19-11)9-15-6-5-7-16(8-15)10-18-13(3)21-22-14(18)4/h5-8H,9-10H2,1-4H3,(H,19,20)(H,21,22). The molecule has 0 bridgehead atoms. The maximum absolute atomic E-state index is 4.28. The zero-order chi connectivity index (χ0) is 15.7. The van der Waals surface area contributed by atoms with Crippen LogP contribution < -0.4 is 0 Å². The number of aromatic amines is 2. The predicted molar refractivity (Wildman–Crippen MR) is 88.2 cm³/mol. The highest BCUT2D eigenvalue weighted by molar-refractivity contribution is 5.36. The lowest BCUT2D eigenvalue weighted by molar-refractivity contribution is 1.02. The highest BCUT2D eigenvalue weighted by Gasteiger charge is 2.10. The molecule has 2 aromatic heterocycles. The number of hydrogen-bond donors (Lipinski definition) is 2. The first-order valence-corrected chi connectivity index (χ1v) is 7.63. The van der Waals surface area contributed by atoms with Crippen molar-refractivity contribution < 1.29 is 0 Å². The highest BCUT2D eigenvalue weighted by atomic mass is 15.1. The third kappa shape index (κ3) is 2.82. The van der Waals surface area contributed by atoms with E-state index in [-0.39, 0.29) is 0 Å². The van der Waals surface area contributed by atoms with E-state index in [1.807, 2.05) is 0 Å². The van der Waals surface area contributed by atoms with Crippen LogP contribution in [0.5, 0.6) is 0 Å². The van der Waals surface area contributed by atoms with Crippen LogP contribution in [-0.4, -0.2) is 20.4 Å². The predicted octanol–water partition coefficient (Wildman–Crippen LogP) is 3.55. The quantitative estimate of drug-likeness (QED) is 0.773. The normalized spacial score (nSPS) is 11.1. The second-order valence-corrected chi connectivity index (χ2v) is 6.00. The molecule has 1 aromatic carbocycles. The maximum Gasteiger partial charge on any atom is 0.0629 e. The monoisotopic (exact) mass is 294 g/mol. The SMILES string of the molecule is Cc1n[nH]c(C)c1Cc1cccc(Cc2c(C)n[nH]c2C)c1. The van der Waals surface area contributed by atoms with E-state index in [1.165, 1.54) is 22.3 Å². The molecule has 3 aromatic rings. The second-order valence-electron chi connectivity index (χ2n) is 6.00. The molecule has 4 nitrogen and oxygen atoms in total. The van der Waals surface area contributed by atoms with Gasteiger partial charge in [-0.3, -0.25) is 10.2 Å². The number of hydrogen-bond acceptors (Lipinski definition) is 2. The molecule has 0 saturated carbocycles. The summed E-state index contributed by atoms with van der Waals surface area (Å²) in [5, 5.41) is 14.7. The molecule has 0 atom stereocenters. The molecule has 3 rings (SSSR count). The molecular weight excluding hydrogens is 272 g/mol. The van der Waals surface area contributed by atoms with Crippen LogP contribution in [0, 0.1) is 27.7 Å². The zero-order valence-corrected chi connectivity index (χ0v) is 13.6. The Kier molecular flexibility index (Phi) is 3.84. The van der Waals surface area contributed by atoms with Crippen LogP contribution in [0.4, 0.5) is 0 Å². The first-order valence-electron chi connectivity index (χ1n) is 7.63. The van der Waals surface area contributed by atoms with Crippen molar-refractivity contribution in [2.45, 2.75) is 40.5 Å². The lowest BCUT2D eigenvalue weighted by Gasteiger charge is -2.07. The fourth-order valence-electron chi connectivity index (χ4n) is 2.93. The van der Waals surface area contributed by atoms with Crippen LogP contribution in [0.25, 0.3) is 0 Å². The maximum atomic E-state index is 4.28. The molecular formula is C18H22N4. The first kappa shape index (κ1) is 14.6. The molecule has 0 aliphatic carbocycles. The number of nitrogens with zero attached hydrogens (tertiary/aromatic N) is 2. The Hall–Kier alpha value is -2.36. The molecule has 0 saturated heterocycles. The summed E-state index contributed by atoms with van der Waals surface area (Å²) in [4.78, 5) is 0. The van der Waals surface area contributed by atoms with Gasteiger partial charge in [0.05, 0.1) is 11.4 Å². The largest absolute Gasteiger partial charge is 0.282 e. The van der Waals surface area contributed by atoms with Crippen molar-refractivity contribution in [2.75, 3.05) is 0 Å². The summed E-state index contributed by atoms with van der Waals surface area (Å²) in [5.74, 6) is 0. The third-order valence-electron chi connectivity index (χ3n) is 4.31. The minimum Gasteiger partial charge on any atom is -0.282 e. The van der Waals surface area contributed by atoms with Crippen molar-refractivity contribution in [3.05, 3.63) is 69.3 Å². The van der Waals surface area contributed by atoms with E-state index in [4.69, 9.17) is 0 Å². The Morgan fingerprint density at radius 3 is 1.59 bits per heavy atom. The minimum atomic E-state index is 0.922. The molecule has 2 heterocycles. The molecule has 4 heteroatoms. The fourth-order valence-corrected chi connectivity index (χ4v) is 2.93. The van der Waals surface area contributed by atoms with E-state index in [0.29, 0.717) is 0 Å².